The standard InChI is InChI=1S/C23H23N5O2/c1-27-13-18-11-16(12-25-23(18)26-21(29)15-27)7-8-22(30)28(2)14-17-9-10-24-20-6-4-3-5-19(17)20/h3-12H,13-15H2,1-2H3,(H,25,26,29). The average molecular weight is 401 g/mol. The van der Waals surface area contributed by atoms with Crippen molar-refractivity contribution in [3.05, 3.63) is 71.6 Å². The Morgan fingerprint density at radius 2 is 2.07 bits per heavy atom. The summed E-state index contributed by atoms with van der Waals surface area (Å²) in [5, 5.41) is 3.85. The van der Waals surface area contributed by atoms with Crippen molar-refractivity contribution in [2.24, 2.45) is 0 Å². The van der Waals surface area contributed by atoms with Crippen LogP contribution < -0.4 is 5.32 Å². The normalized spacial score (nSPS) is 14.4. The van der Waals surface area contributed by atoms with Gasteiger partial charge in [-0.05, 0) is 42.4 Å². The molecule has 3 aromatic rings. The Balaban J connectivity index is 1.47. The van der Waals surface area contributed by atoms with Crippen molar-refractivity contribution in [3.63, 3.8) is 0 Å². The molecule has 0 bridgehead atoms. The highest BCUT2D eigenvalue weighted by molar-refractivity contribution is 5.93. The molecule has 7 nitrogen and oxygen atoms in total. The number of benzene rings is 1. The van der Waals surface area contributed by atoms with Crippen LogP contribution >= 0.6 is 0 Å². The highest BCUT2D eigenvalue weighted by atomic mass is 16.2. The number of fused-ring (bicyclic) bond motifs is 2. The summed E-state index contributed by atoms with van der Waals surface area (Å²) in [5.74, 6) is 0.401. The van der Waals surface area contributed by atoms with Crippen LogP contribution in [0.15, 0.2) is 54.9 Å². The number of para-hydroxylation sites is 1. The number of rotatable bonds is 4. The van der Waals surface area contributed by atoms with E-state index in [1.807, 2.05) is 48.3 Å². The summed E-state index contributed by atoms with van der Waals surface area (Å²) in [4.78, 5) is 36.7. The van der Waals surface area contributed by atoms with Crippen LogP contribution in [0.25, 0.3) is 17.0 Å². The van der Waals surface area contributed by atoms with Crippen LogP contribution in [0, 0.1) is 0 Å². The molecular formula is C23H23N5O2. The largest absolute Gasteiger partial charge is 0.338 e. The Hall–Kier alpha value is -3.58. The molecule has 0 aliphatic carbocycles. The Morgan fingerprint density at radius 3 is 2.93 bits per heavy atom. The first-order valence-electron chi connectivity index (χ1n) is 9.73. The molecule has 1 aromatic carbocycles. The first-order chi connectivity index (χ1) is 14.5. The molecule has 1 aliphatic rings. The van der Waals surface area contributed by atoms with Gasteiger partial charge in [-0.15, -0.1) is 0 Å². The third kappa shape index (κ3) is 4.36. The van der Waals surface area contributed by atoms with Crippen molar-refractivity contribution in [2.45, 2.75) is 13.1 Å². The Bertz CT molecular complexity index is 1140. The number of hydrogen-bond acceptors (Lipinski definition) is 5. The summed E-state index contributed by atoms with van der Waals surface area (Å²) >= 11 is 0. The SMILES string of the molecule is CN1CC(=O)Nc2ncc(C=CC(=O)N(C)Cc3ccnc4ccccc34)cc2C1. The highest BCUT2D eigenvalue weighted by Crippen LogP contribution is 2.20. The lowest BCUT2D eigenvalue weighted by molar-refractivity contribution is -0.125. The molecule has 2 aromatic heterocycles. The van der Waals surface area contributed by atoms with Crippen molar-refractivity contribution >= 4 is 34.6 Å². The van der Waals surface area contributed by atoms with Gasteiger partial charge in [-0.3, -0.25) is 19.5 Å². The van der Waals surface area contributed by atoms with Gasteiger partial charge in [0.05, 0.1) is 12.1 Å². The minimum Gasteiger partial charge on any atom is -0.338 e. The quantitative estimate of drug-likeness (QED) is 0.680. The molecule has 0 fully saturated rings. The van der Waals surface area contributed by atoms with E-state index in [1.165, 1.54) is 0 Å². The number of amides is 2. The van der Waals surface area contributed by atoms with Crippen LogP contribution in [0.1, 0.15) is 16.7 Å². The summed E-state index contributed by atoms with van der Waals surface area (Å²) in [6.07, 6.45) is 6.73. The van der Waals surface area contributed by atoms with Crippen LogP contribution in [-0.4, -0.2) is 52.2 Å². The number of carbonyl (C=O) groups is 2. The topological polar surface area (TPSA) is 78.4 Å². The fraction of sp³-hybridized carbons (Fsp3) is 0.217. The van der Waals surface area contributed by atoms with Gasteiger partial charge in [0.2, 0.25) is 11.8 Å². The zero-order valence-corrected chi connectivity index (χ0v) is 17.0. The second-order valence-electron chi connectivity index (χ2n) is 7.51. The summed E-state index contributed by atoms with van der Waals surface area (Å²) in [5.41, 5.74) is 3.71. The molecule has 0 spiro atoms. The molecule has 0 saturated heterocycles. The molecule has 0 atom stereocenters. The maximum Gasteiger partial charge on any atom is 0.246 e. The van der Waals surface area contributed by atoms with Crippen molar-refractivity contribution in [1.29, 1.82) is 0 Å². The maximum absolute atomic E-state index is 12.6. The molecule has 7 heteroatoms. The number of hydrogen-bond donors (Lipinski definition) is 1. The lowest BCUT2D eigenvalue weighted by atomic mass is 10.1. The first kappa shape index (κ1) is 19.7. The smallest absolute Gasteiger partial charge is 0.246 e. The number of carbonyl (C=O) groups excluding carboxylic acids is 2. The Morgan fingerprint density at radius 1 is 1.23 bits per heavy atom. The molecule has 1 N–H and O–H groups in total. The number of likely N-dealkylation sites (N-methyl/N-ethyl adjacent to an activating group) is 2. The second kappa shape index (κ2) is 8.42. The lowest BCUT2D eigenvalue weighted by Gasteiger charge is -2.16. The van der Waals surface area contributed by atoms with Gasteiger partial charge in [0.1, 0.15) is 5.82 Å². The van der Waals surface area contributed by atoms with Gasteiger partial charge in [-0.2, -0.15) is 0 Å². The van der Waals surface area contributed by atoms with E-state index in [9.17, 15) is 9.59 Å². The number of aromatic nitrogens is 2. The molecule has 0 radical (unpaired) electrons. The van der Waals surface area contributed by atoms with Gasteiger partial charge in [0.15, 0.2) is 0 Å². The lowest BCUT2D eigenvalue weighted by Crippen LogP contribution is -2.26. The van der Waals surface area contributed by atoms with Gasteiger partial charge < -0.3 is 10.2 Å². The van der Waals surface area contributed by atoms with Crippen LogP contribution in [-0.2, 0) is 22.7 Å². The molecule has 30 heavy (non-hydrogen) atoms. The molecular weight excluding hydrogens is 378 g/mol. The predicted molar refractivity (Wildman–Crippen MR) is 116 cm³/mol. The van der Waals surface area contributed by atoms with E-state index >= 15 is 0 Å². The van der Waals surface area contributed by atoms with Crippen molar-refractivity contribution < 1.29 is 9.59 Å². The van der Waals surface area contributed by atoms with Crippen LogP contribution in [0.2, 0.25) is 0 Å². The summed E-state index contributed by atoms with van der Waals surface area (Å²) in [6, 6.07) is 11.8. The molecule has 3 heterocycles. The highest BCUT2D eigenvalue weighted by Gasteiger charge is 2.17. The molecule has 2 amide bonds. The van der Waals surface area contributed by atoms with Crippen molar-refractivity contribution in [2.75, 3.05) is 26.0 Å². The fourth-order valence-electron chi connectivity index (χ4n) is 3.54. The van der Waals surface area contributed by atoms with Crippen LogP contribution in [0.5, 0.6) is 0 Å². The summed E-state index contributed by atoms with van der Waals surface area (Å²) in [6.45, 7) is 1.44. The zero-order chi connectivity index (χ0) is 21.1. The predicted octanol–water partition coefficient (Wildman–Crippen LogP) is 2.69. The summed E-state index contributed by atoms with van der Waals surface area (Å²) < 4.78 is 0. The van der Waals surface area contributed by atoms with E-state index < -0.39 is 0 Å². The van der Waals surface area contributed by atoms with E-state index in [1.54, 1.807) is 36.5 Å². The number of anilines is 1. The minimum absolute atomic E-state index is 0.0764. The van der Waals surface area contributed by atoms with Crippen molar-refractivity contribution in [1.82, 2.24) is 19.8 Å². The fourth-order valence-corrected chi connectivity index (χ4v) is 3.54. The van der Waals surface area contributed by atoms with Gasteiger partial charge in [-0.25, -0.2) is 4.98 Å². The first-order valence-corrected chi connectivity index (χ1v) is 9.73. The van der Waals surface area contributed by atoms with Gasteiger partial charge in [0, 0.05) is 49.6 Å². The van der Waals surface area contributed by atoms with Crippen LogP contribution in [0.4, 0.5) is 5.82 Å². The molecule has 1 aliphatic heterocycles. The second-order valence-corrected chi connectivity index (χ2v) is 7.51. The number of pyridine rings is 2. The van der Waals surface area contributed by atoms with E-state index in [2.05, 4.69) is 15.3 Å². The Kier molecular flexibility index (Phi) is 5.54. The molecule has 152 valence electrons. The molecule has 0 saturated carbocycles. The monoisotopic (exact) mass is 401 g/mol. The zero-order valence-electron chi connectivity index (χ0n) is 17.0. The van der Waals surface area contributed by atoms with E-state index in [0.717, 1.165) is 27.6 Å². The third-order valence-electron chi connectivity index (χ3n) is 5.04. The third-order valence-corrected chi connectivity index (χ3v) is 5.04. The Labute approximate surface area is 175 Å². The number of nitrogens with one attached hydrogen (secondary N) is 1. The number of nitrogens with zero attached hydrogens (tertiary/aromatic N) is 4. The molecule has 4 rings (SSSR count). The van der Waals surface area contributed by atoms with Crippen molar-refractivity contribution in [3.8, 4) is 0 Å². The van der Waals surface area contributed by atoms with Crippen LogP contribution in [0.3, 0.4) is 0 Å². The van der Waals surface area contributed by atoms with Gasteiger partial charge >= 0.3 is 0 Å². The van der Waals surface area contributed by atoms with E-state index in [-0.39, 0.29) is 11.8 Å². The van der Waals surface area contributed by atoms with Gasteiger partial charge in [0.25, 0.3) is 0 Å². The molecule has 0 unspecified atom stereocenters. The maximum atomic E-state index is 12.6. The summed E-state index contributed by atoms with van der Waals surface area (Å²) in [7, 11) is 3.67. The minimum atomic E-state index is -0.101. The average Bonchev–Trinajstić information content (AvgIpc) is 2.88. The van der Waals surface area contributed by atoms with E-state index in [4.69, 9.17) is 0 Å². The van der Waals surface area contributed by atoms with E-state index in [0.29, 0.717) is 25.5 Å². The van der Waals surface area contributed by atoms with Gasteiger partial charge in [-0.1, -0.05) is 18.2 Å².